The Bertz CT molecular complexity index is 900. The van der Waals surface area contributed by atoms with E-state index < -0.39 is 0 Å². The number of hydrogen-bond donors (Lipinski definition) is 1. The Kier molecular flexibility index (Phi) is 4.28. The van der Waals surface area contributed by atoms with Gasteiger partial charge in [-0.05, 0) is 36.1 Å². The number of benzene rings is 2. The molecule has 4 heteroatoms. The van der Waals surface area contributed by atoms with Gasteiger partial charge in [0.05, 0.1) is 6.61 Å². The van der Waals surface area contributed by atoms with E-state index >= 15 is 0 Å². The van der Waals surface area contributed by atoms with Gasteiger partial charge in [0, 0.05) is 30.2 Å². The molecule has 128 valence electrons. The number of aromatic nitrogens is 1. The molecule has 2 aromatic carbocycles. The number of carbonyl (C=O) groups excluding carboxylic acids is 1. The fraction of sp³-hybridized carbons (Fsp3) is 0.286. The molecule has 0 fully saturated rings. The molecule has 0 spiro atoms. The first-order valence-electron chi connectivity index (χ1n) is 8.78. The van der Waals surface area contributed by atoms with Crippen molar-refractivity contribution in [3.05, 3.63) is 71.4 Å². The molecular weight excluding hydrogens is 312 g/mol. The van der Waals surface area contributed by atoms with Crippen LogP contribution in [0.15, 0.2) is 54.7 Å². The van der Waals surface area contributed by atoms with Crippen LogP contribution in [-0.2, 0) is 29.0 Å². The van der Waals surface area contributed by atoms with E-state index in [2.05, 4.69) is 40.2 Å². The minimum atomic E-state index is -0.233. The van der Waals surface area contributed by atoms with Crippen molar-refractivity contribution in [2.75, 3.05) is 6.61 Å². The number of nitrogens with one attached hydrogen (secondary N) is 1. The first kappa shape index (κ1) is 15.9. The van der Waals surface area contributed by atoms with E-state index in [9.17, 15) is 4.79 Å². The molecule has 0 radical (unpaired) electrons. The number of nitrogens with zero attached hydrogens (tertiary/aromatic N) is 1. The Hall–Kier alpha value is -2.59. The minimum absolute atomic E-state index is 0.128. The highest BCUT2D eigenvalue weighted by Crippen LogP contribution is 2.27. The average molecular weight is 334 g/mol. The van der Waals surface area contributed by atoms with Crippen LogP contribution < -0.4 is 0 Å². The van der Waals surface area contributed by atoms with Gasteiger partial charge in [-0.3, -0.25) is 9.69 Å². The molecule has 1 aliphatic heterocycles. The Labute approximate surface area is 147 Å². The summed E-state index contributed by atoms with van der Waals surface area (Å²) >= 11 is 0. The first-order valence-corrected chi connectivity index (χ1v) is 8.78. The number of hydrogen-bond acceptors (Lipinski definition) is 3. The number of esters is 1. The summed E-state index contributed by atoms with van der Waals surface area (Å²) in [6.45, 7) is 3.76. The van der Waals surface area contributed by atoms with Crippen LogP contribution in [0.25, 0.3) is 10.9 Å². The number of para-hydroxylation sites is 1. The molecule has 0 amide bonds. The molecule has 0 bridgehead atoms. The van der Waals surface area contributed by atoms with Crippen molar-refractivity contribution >= 4 is 16.9 Å². The van der Waals surface area contributed by atoms with Crippen LogP contribution in [0, 0.1) is 0 Å². The van der Waals surface area contributed by atoms with Gasteiger partial charge in [-0.1, -0.05) is 42.5 Å². The molecule has 1 aromatic heterocycles. The van der Waals surface area contributed by atoms with E-state index in [-0.39, 0.29) is 12.0 Å². The van der Waals surface area contributed by atoms with E-state index in [1.54, 1.807) is 0 Å². The molecule has 25 heavy (non-hydrogen) atoms. The lowest BCUT2D eigenvalue weighted by Gasteiger charge is -2.35. The Morgan fingerprint density at radius 2 is 1.92 bits per heavy atom. The van der Waals surface area contributed by atoms with E-state index in [0.717, 1.165) is 18.6 Å². The first-order chi connectivity index (χ1) is 12.3. The third-order valence-electron chi connectivity index (χ3n) is 4.95. The lowest BCUT2D eigenvalue weighted by Crippen LogP contribution is -2.45. The van der Waals surface area contributed by atoms with Crippen molar-refractivity contribution in [1.29, 1.82) is 0 Å². The van der Waals surface area contributed by atoms with Gasteiger partial charge in [0.15, 0.2) is 0 Å². The fourth-order valence-corrected chi connectivity index (χ4v) is 3.70. The molecule has 0 saturated heterocycles. The quantitative estimate of drug-likeness (QED) is 0.741. The summed E-state index contributed by atoms with van der Waals surface area (Å²) in [5, 5.41) is 1.21. The van der Waals surface area contributed by atoms with Crippen LogP contribution in [0.3, 0.4) is 0 Å². The number of carbonyl (C=O) groups is 1. The highest BCUT2D eigenvalue weighted by molar-refractivity contribution is 5.83. The Morgan fingerprint density at radius 3 is 2.76 bits per heavy atom. The average Bonchev–Trinajstić information content (AvgIpc) is 3.04. The van der Waals surface area contributed by atoms with Crippen molar-refractivity contribution in [2.24, 2.45) is 0 Å². The number of ether oxygens (including phenoxy) is 1. The largest absolute Gasteiger partial charge is 0.465 e. The molecular formula is C21H22N2O2. The third-order valence-corrected chi connectivity index (χ3v) is 4.95. The van der Waals surface area contributed by atoms with E-state index in [4.69, 9.17) is 4.74 Å². The second kappa shape index (κ2) is 6.73. The summed E-state index contributed by atoms with van der Waals surface area (Å²) < 4.78 is 5.34. The third kappa shape index (κ3) is 3.05. The predicted molar refractivity (Wildman–Crippen MR) is 98.1 cm³/mol. The van der Waals surface area contributed by atoms with Crippen LogP contribution in [0.2, 0.25) is 0 Å². The van der Waals surface area contributed by atoms with Crippen LogP contribution in [0.4, 0.5) is 0 Å². The standard InChI is InChI=1S/C21H22N2O2/c1-2-25-21(24)20-11-15-7-3-4-8-16(15)13-23(20)14-17-12-22-19-10-6-5-9-18(17)19/h3-10,12,20,22H,2,11,13-14H2,1H3. The van der Waals surface area contributed by atoms with Crippen molar-refractivity contribution < 1.29 is 9.53 Å². The monoisotopic (exact) mass is 334 g/mol. The van der Waals surface area contributed by atoms with E-state index in [1.165, 1.54) is 22.1 Å². The van der Waals surface area contributed by atoms with Crippen molar-refractivity contribution in [3.8, 4) is 0 Å². The SMILES string of the molecule is CCOC(=O)C1Cc2ccccc2CN1Cc1c[nH]c2ccccc12. The molecule has 1 N–H and O–H groups in total. The highest BCUT2D eigenvalue weighted by atomic mass is 16.5. The summed E-state index contributed by atoms with van der Waals surface area (Å²) in [5.41, 5.74) is 4.88. The number of fused-ring (bicyclic) bond motifs is 2. The second-order valence-corrected chi connectivity index (χ2v) is 6.51. The minimum Gasteiger partial charge on any atom is -0.465 e. The lowest BCUT2D eigenvalue weighted by atomic mass is 9.93. The molecule has 0 saturated carbocycles. The lowest BCUT2D eigenvalue weighted by molar-refractivity contribution is -0.150. The summed E-state index contributed by atoms with van der Waals surface area (Å²) in [4.78, 5) is 18.1. The summed E-state index contributed by atoms with van der Waals surface area (Å²) in [6.07, 6.45) is 2.75. The van der Waals surface area contributed by atoms with Gasteiger partial charge in [0.2, 0.25) is 0 Å². The summed E-state index contributed by atoms with van der Waals surface area (Å²) in [7, 11) is 0. The van der Waals surface area contributed by atoms with Crippen molar-refractivity contribution in [1.82, 2.24) is 9.88 Å². The van der Waals surface area contributed by atoms with Gasteiger partial charge >= 0.3 is 5.97 Å². The maximum absolute atomic E-state index is 12.5. The number of H-pyrrole nitrogens is 1. The van der Waals surface area contributed by atoms with Gasteiger partial charge in [0.25, 0.3) is 0 Å². The van der Waals surface area contributed by atoms with Crippen LogP contribution in [0.1, 0.15) is 23.6 Å². The van der Waals surface area contributed by atoms with Gasteiger partial charge in [-0.2, -0.15) is 0 Å². The van der Waals surface area contributed by atoms with Gasteiger partial charge in [-0.15, -0.1) is 0 Å². The normalized spacial score (nSPS) is 17.4. The fourth-order valence-electron chi connectivity index (χ4n) is 3.70. The molecule has 1 aliphatic rings. The van der Waals surface area contributed by atoms with Crippen LogP contribution in [0.5, 0.6) is 0 Å². The molecule has 0 aliphatic carbocycles. The van der Waals surface area contributed by atoms with Gasteiger partial charge < -0.3 is 9.72 Å². The maximum atomic E-state index is 12.5. The summed E-state index contributed by atoms with van der Waals surface area (Å²) in [6, 6.07) is 16.4. The number of aromatic amines is 1. The smallest absolute Gasteiger partial charge is 0.323 e. The van der Waals surface area contributed by atoms with Gasteiger partial charge in [0.1, 0.15) is 6.04 Å². The Morgan fingerprint density at radius 1 is 1.16 bits per heavy atom. The van der Waals surface area contributed by atoms with Gasteiger partial charge in [-0.25, -0.2) is 0 Å². The molecule has 1 atom stereocenters. The zero-order valence-corrected chi connectivity index (χ0v) is 14.4. The zero-order chi connectivity index (χ0) is 17.2. The van der Waals surface area contributed by atoms with Crippen molar-refractivity contribution in [2.45, 2.75) is 32.5 Å². The topological polar surface area (TPSA) is 45.3 Å². The summed E-state index contributed by atoms with van der Waals surface area (Å²) in [5.74, 6) is -0.128. The predicted octanol–water partition coefficient (Wildman–Crippen LogP) is 3.66. The van der Waals surface area contributed by atoms with Crippen LogP contribution >= 0.6 is 0 Å². The molecule has 3 aromatic rings. The molecule has 4 nitrogen and oxygen atoms in total. The van der Waals surface area contributed by atoms with E-state index in [0.29, 0.717) is 13.0 Å². The van der Waals surface area contributed by atoms with E-state index in [1.807, 2.05) is 31.3 Å². The molecule has 4 rings (SSSR count). The van der Waals surface area contributed by atoms with Crippen molar-refractivity contribution in [3.63, 3.8) is 0 Å². The number of rotatable bonds is 4. The highest BCUT2D eigenvalue weighted by Gasteiger charge is 2.32. The maximum Gasteiger partial charge on any atom is 0.323 e. The molecule has 1 unspecified atom stereocenters. The zero-order valence-electron chi connectivity index (χ0n) is 14.4. The Balaban J connectivity index is 1.66. The molecule has 2 heterocycles. The second-order valence-electron chi connectivity index (χ2n) is 6.51. The van der Waals surface area contributed by atoms with Crippen LogP contribution in [-0.4, -0.2) is 28.5 Å².